The Hall–Kier alpha value is -0.0400. The van der Waals surface area contributed by atoms with Gasteiger partial charge in [-0.15, -0.1) is 0 Å². The lowest BCUT2D eigenvalue weighted by Gasteiger charge is -2.39. The molecular formula is C13H28O. The molecule has 0 fully saturated rings. The molecular weight excluding hydrogens is 172 g/mol. The van der Waals surface area contributed by atoms with Crippen LogP contribution >= 0.6 is 0 Å². The van der Waals surface area contributed by atoms with Crippen LogP contribution < -0.4 is 0 Å². The topological polar surface area (TPSA) is 20.2 Å². The lowest BCUT2D eigenvalue weighted by Crippen LogP contribution is -2.39. The molecule has 0 radical (unpaired) electrons. The van der Waals surface area contributed by atoms with Crippen molar-refractivity contribution in [3.63, 3.8) is 0 Å². The summed E-state index contributed by atoms with van der Waals surface area (Å²) in [6.07, 6.45) is 4.67. The van der Waals surface area contributed by atoms with E-state index in [2.05, 4.69) is 41.5 Å². The van der Waals surface area contributed by atoms with Crippen molar-refractivity contribution in [1.82, 2.24) is 0 Å². The normalized spacial score (nSPS) is 15.6. The Morgan fingerprint density at radius 3 is 1.86 bits per heavy atom. The van der Waals surface area contributed by atoms with Crippen LogP contribution in [0.1, 0.15) is 67.2 Å². The quantitative estimate of drug-likeness (QED) is 0.665. The van der Waals surface area contributed by atoms with Gasteiger partial charge in [0, 0.05) is 0 Å². The maximum absolute atomic E-state index is 10.2. The van der Waals surface area contributed by atoms with Crippen LogP contribution in [0, 0.1) is 10.8 Å². The van der Waals surface area contributed by atoms with Gasteiger partial charge in [0.25, 0.3) is 0 Å². The van der Waals surface area contributed by atoms with Crippen molar-refractivity contribution in [3.05, 3.63) is 0 Å². The molecule has 1 nitrogen and oxygen atoms in total. The number of unbranched alkanes of at least 4 members (excludes halogenated alkanes) is 2. The van der Waals surface area contributed by atoms with E-state index in [0.717, 1.165) is 6.42 Å². The maximum Gasteiger partial charge on any atom is 0.0639 e. The molecule has 1 heteroatoms. The van der Waals surface area contributed by atoms with Gasteiger partial charge in [0.05, 0.1) is 6.10 Å². The van der Waals surface area contributed by atoms with Crippen LogP contribution in [0.2, 0.25) is 0 Å². The lowest BCUT2D eigenvalue weighted by molar-refractivity contribution is -0.0373. The third-order valence-electron chi connectivity index (χ3n) is 2.99. The van der Waals surface area contributed by atoms with E-state index >= 15 is 0 Å². The molecule has 0 amide bonds. The summed E-state index contributed by atoms with van der Waals surface area (Å²) >= 11 is 0. The average molecular weight is 200 g/mol. The van der Waals surface area contributed by atoms with E-state index in [1.54, 1.807) is 0 Å². The highest BCUT2D eigenvalue weighted by molar-refractivity contribution is 4.86. The van der Waals surface area contributed by atoms with Gasteiger partial charge < -0.3 is 5.11 Å². The molecule has 0 aromatic carbocycles. The summed E-state index contributed by atoms with van der Waals surface area (Å²) in [6, 6.07) is 0. The SMILES string of the molecule is CCCCCC(C)(C)C(O)C(C)(C)C. The van der Waals surface area contributed by atoms with E-state index in [1.165, 1.54) is 19.3 Å². The minimum Gasteiger partial charge on any atom is -0.392 e. The third-order valence-corrected chi connectivity index (χ3v) is 2.99. The Kier molecular flexibility index (Phi) is 5.14. The molecule has 0 aromatic heterocycles. The van der Waals surface area contributed by atoms with Gasteiger partial charge in [0.15, 0.2) is 0 Å². The molecule has 0 aliphatic rings. The summed E-state index contributed by atoms with van der Waals surface area (Å²) in [5, 5.41) is 10.2. The molecule has 0 aliphatic carbocycles. The van der Waals surface area contributed by atoms with Gasteiger partial charge in [-0.25, -0.2) is 0 Å². The van der Waals surface area contributed by atoms with Gasteiger partial charge >= 0.3 is 0 Å². The van der Waals surface area contributed by atoms with Crippen LogP contribution in [0.5, 0.6) is 0 Å². The molecule has 86 valence electrons. The van der Waals surface area contributed by atoms with Crippen molar-refractivity contribution in [2.75, 3.05) is 0 Å². The zero-order valence-electron chi connectivity index (χ0n) is 10.9. The smallest absolute Gasteiger partial charge is 0.0639 e. The van der Waals surface area contributed by atoms with Crippen LogP contribution in [0.25, 0.3) is 0 Å². The first-order valence-electron chi connectivity index (χ1n) is 5.90. The highest BCUT2D eigenvalue weighted by Crippen LogP contribution is 2.37. The fourth-order valence-electron chi connectivity index (χ4n) is 2.14. The average Bonchev–Trinajstić information content (AvgIpc) is 2.01. The molecule has 0 aliphatic heterocycles. The van der Waals surface area contributed by atoms with E-state index in [1.807, 2.05) is 0 Å². The van der Waals surface area contributed by atoms with Crippen LogP contribution in [-0.2, 0) is 0 Å². The zero-order valence-corrected chi connectivity index (χ0v) is 10.9. The van der Waals surface area contributed by atoms with E-state index in [-0.39, 0.29) is 16.9 Å². The number of aliphatic hydroxyl groups excluding tert-OH is 1. The van der Waals surface area contributed by atoms with Crippen molar-refractivity contribution in [3.8, 4) is 0 Å². The van der Waals surface area contributed by atoms with Gasteiger partial charge in [-0.3, -0.25) is 0 Å². The van der Waals surface area contributed by atoms with Crippen molar-refractivity contribution < 1.29 is 5.11 Å². The molecule has 0 saturated heterocycles. The number of hydrogen-bond acceptors (Lipinski definition) is 1. The van der Waals surface area contributed by atoms with Crippen LogP contribution in [0.4, 0.5) is 0 Å². The maximum atomic E-state index is 10.2. The van der Waals surface area contributed by atoms with Crippen molar-refractivity contribution in [2.24, 2.45) is 10.8 Å². The van der Waals surface area contributed by atoms with E-state index in [4.69, 9.17) is 0 Å². The third kappa shape index (κ3) is 4.45. The van der Waals surface area contributed by atoms with Crippen LogP contribution in [0.15, 0.2) is 0 Å². The molecule has 0 saturated carbocycles. The largest absolute Gasteiger partial charge is 0.392 e. The predicted molar refractivity (Wildman–Crippen MR) is 63.4 cm³/mol. The Balaban J connectivity index is 4.16. The number of hydrogen-bond donors (Lipinski definition) is 1. The van der Waals surface area contributed by atoms with Gasteiger partial charge in [0.2, 0.25) is 0 Å². The molecule has 1 unspecified atom stereocenters. The van der Waals surface area contributed by atoms with E-state index < -0.39 is 0 Å². The molecule has 0 rings (SSSR count). The van der Waals surface area contributed by atoms with Gasteiger partial charge in [-0.1, -0.05) is 60.8 Å². The minimum atomic E-state index is -0.216. The molecule has 0 bridgehead atoms. The standard InChI is InChI=1S/C13H28O/c1-7-8-9-10-13(5,6)11(14)12(2,3)4/h11,14H,7-10H2,1-6H3. The monoisotopic (exact) mass is 200 g/mol. The Bertz CT molecular complexity index is 153. The first-order chi connectivity index (χ1) is 6.22. The highest BCUT2D eigenvalue weighted by atomic mass is 16.3. The summed E-state index contributed by atoms with van der Waals surface area (Å²) in [5.41, 5.74) is 0.0448. The molecule has 1 N–H and O–H groups in total. The van der Waals surface area contributed by atoms with E-state index in [9.17, 15) is 5.11 Å². The molecule has 1 atom stereocenters. The molecule has 0 spiro atoms. The predicted octanol–water partition coefficient (Wildman–Crippen LogP) is 4.00. The summed E-state index contributed by atoms with van der Waals surface area (Å²) in [6.45, 7) is 12.9. The lowest BCUT2D eigenvalue weighted by atomic mass is 9.70. The fourth-order valence-corrected chi connectivity index (χ4v) is 2.14. The minimum absolute atomic E-state index is 0.00425. The van der Waals surface area contributed by atoms with E-state index in [0.29, 0.717) is 0 Å². The highest BCUT2D eigenvalue weighted by Gasteiger charge is 2.35. The summed E-state index contributed by atoms with van der Waals surface area (Å²) in [4.78, 5) is 0. The number of aliphatic hydroxyl groups is 1. The Labute approximate surface area is 89.9 Å². The Morgan fingerprint density at radius 1 is 1.00 bits per heavy atom. The summed E-state index contributed by atoms with van der Waals surface area (Å²) in [7, 11) is 0. The van der Waals surface area contributed by atoms with Crippen molar-refractivity contribution >= 4 is 0 Å². The summed E-state index contributed by atoms with van der Waals surface area (Å²) in [5.74, 6) is 0. The van der Waals surface area contributed by atoms with Crippen LogP contribution in [-0.4, -0.2) is 11.2 Å². The first kappa shape index (κ1) is 14.0. The van der Waals surface area contributed by atoms with Gasteiger partial charge in [0.1, 0.15) is 0 Å². The van der Waals surface area contributed by atoms with Gasteiger partial charge in [-0.05, 0) is 17.3 Å². The zero-order chi connectivity index (χ0) is 11.4. The molecule has 14 heavy (non-hydrogen) atoms. The first-order valence-corrected chi connectivity index (χ1v) is 5.90. The molecule has 0 heterocycles. The molecule has 0 aromatic rings. The van der Waals surface area contributed by atoms with Gasteiger partial charge in [-0.2, -0.15) is 0 Å². The Morgan fingerprint density at radius 2 is 1.50 bits per heavy atom. The van der Waals surface area contributed by atoms with Crippen LogP contribution in [0.3, 0.4) is 0 Å². The fraction of sp³-hybridized carbons (Fsp3) is 1.00. The second kappa shape index (κ2) is 5.16. The second-order valence-electron chi connectivity index (χ2n) is 6.21. The second-order valence-corrected chi connectivity index (χ2v) is 6.21. The number of rotatable bonds is 5. The van der Waals surface area contributed by atoms with Crippen molar-refractivity contribution in [2.45, 2.75) is 73.3 Å². The summed E-state index contributed by atoms with van der Waals surface area (Å²) < 4.78 is 0. The van der Waals surface area contributed by atoms with Crippen molar-refractivity contribution in [1.29, 1.82) is 0 Å².